The van der Waals surface area contributed by atoms with Crippen LogP contribution in [0.3, 0.4) is 0 Å². The molecule has 0 aliphatic carbocycles. The monoisotopic (exact) mass is 271 g/mol. The number of anilines is 1. The summed E-state index contributed by atoms with van der Waals surface area (Å²) in [7, 11) is 0. The summed E-state index contributed by atoms with van der Waals surface area (Å²) in [5.41, 5.74) is 3.65. The maximum atomic E-state index is 4.62. The smallest absolute Gasteiger partial charge is 0.0815 e. The molecule has 0 spiro atoms. The van der Waals surface area contributed by atoms with E-state index in [2.05, 4.69) is 74.6 Å². The summed E-state index contributed by atoms with van der Waals surface area (Å²) in [5, 5.41) is 8.13. The van der Waals surface area contributed by atoms with Gasteiger partial charge in [-0.3, -0.25) is 4.68 Å². The summed E-state index contributed by atoms with van der Waals surface area (Å²) in [5.74, 6) is 0.524. The zero-order valence-corrected chi connectivity index (χ0v) is 12.9. The number of hydrogen-bond donors (Lipinski definition) is 1. The van der Waals surface area contributed by atoms with Crippen LogP contribution in [-0.2, 0) is 6.54 Å². The predicted octanol–water partition coefficient (Wildman–Crippen LogP) is 4.59. The molecule has 0 fully saturated rings. The van der Waals surface area contributed by atoms with E-state index in [9.17, 15) is 0 Å². The molecule has 1 unspecified atom stereocenters. The zero-order valence-electron chi connectivity index (χ0n) is 12.9. The molecule has 108 valence electrons. The third kappa shape index (κ3) is 3.41. The molecule has 0 amide bonds. The molecule has 0 saturated carbocycles. The van der Waals surface area contributed by atoms with Gasteiger partial charge in [0.25, 0.3) is 0 Å². The normalized spacial score (nSPS) is 12.7. The first-order valence-corrected chi connectivity index (χ1v) is 7.48. The van der Waals surface area contributed by atoms with E-state index < -0.39 is 0 Å². The Morgan fingerprint density at radius 1 is 1.15 bits per heavy atom. The Morgan fingerprint density at radius 3 is 2.60 bits per heavy atom. The first kappa shape index (κ1) is 14.6. The highest BCUT2D eigenvalue weighted by molar-refractivity contribution is 5.52. The molecule has 20 heavy (non-hydrogen) atoms. The Balaban J connectivity index is 2.04. The van der Waals surface area contributed by atoms with E-state index in [1.54, 1.807) is 0 Å². The topological polar surface area (TPSA) is 29.9 Å². The molecule has 0 bridgehead atoms. The third-order valence-corrected chi connectivity index (χ3v) is 3.75. The SMILES string of the molecule is CCC(C)n1ccc(CNc2ccccc2C(C)C)n1. The summed E-state index contributed by atoms with van der Waals surface area (Å²) in [6.45, 7) is 9.59. The fourth-order valence-corrected chi connectivity index (χ4v) is 2.25. The average Bonchev–Trinajstić information content (AvgIpc) is 2.93. The summed E-state index contributed by atoms with van der Waals surface area (Å²) in [6, 6.07) is 11.1. The van der Waals surface area contributed by atoms with Crippen LogP contribution in [0, 0.1) is 0 Å². The van der Waals surface area contributed by atoms with Crippen molar-refractivity contribution in [1.29, 1.82) is 0 Å². The Bertz CT molecular complexity index is 543. The van der Waals surface area contributed by atoms with Crippen molar-refractivity contribution in [2.45, 2.75) is 52.6 Å². The fourth-order valence-electron chi connectivity index (χ4n) is 2.25. The van der Waals surface area contributed by atoms with Gasteiger partial charge in [-0.05, 0) is 37.0 Å². The van der Waals surface area contributed by atoms with Gasteiger partial charge in [0.2, 0.25) is 0 Å². The number of rotatable bonds is 6. The minimum Gasteiger partial charge on any atom is -0.379 e. The fraction of sp³-hybridized carbons (Fsp3) is 0.471. The first-order chi connectivity index (χ1) is 9.61. The van der Waals surface area contributed by atoms with Crippen molar-refractivity contribution >= 4 is 5.69 Å². The van der Waals surface area contributed by atoms with Crippen molar-refractivity contribution in [3.05, 3.63) is 47.8 Å². The van der Waals surface area contributed by atoms with Crippen molar-refractivity contribution in [2.75, 3.05) is 5.32 Å². The van der Waals surface area contributed by atoms with Crippen molar-refractivity contribution < 1.29 is 0 Å². The van der Waals surface area contributed by atoms with E-state index in [4.69, 9.17) is 0 Å². The van der Waals surface area contributed by atoms with Crippen LogP contribution in [0.5, 0.6) is 0 Å². The number of para-hydroxylation sites is 1. The third-order valence-electron chi connectivity index (χ3n) is 3.75. The first-order valence-electron chi connectivity index (χ1n) is 7.48. The van der Waals surface area contributed by atoms with Gasteiger partial charge in [0.05, 0.1) is 12.2 Å². The van der Waals surface area contributed by atoms with Gasteiger partial charge < -0.3 is 5.32 Å². The Labute approximate surface area is 122 Å². The van der Waals surface area contributed by atoms with Crippen LogP contribution in [0.2, 0.25) is 0 Å². The molecule has 1 aromatic carbocycles. The molecule has 3 heteroatoms. The lowest BCUT2D eigenvalue weighted by Gasteiger charge is -2.14. The molecular formula is C17H25N3. The zero-order chi connectivity index (χ0) is 14.5. The molecule has 0 aliphatic rings. The van der Waals surface area contributed by atoms with Gasteiger partial charge in [-0.2, -0.15) is 5.10 Å². The van der Waals surface area contributed by atoms with E-state index in [-0.39, 0.29) is 0 Å². The highest BCUT2D eigenvalue weighted by atomic mass is 15.3. The van der Waals surface area contributed by atoms with Crippen molar-refractivity contribution in [3.63, 3.8) is 0 Å². The minimum atomic E-state index is 0.465. The summed E-state index contributed by atoms with van der Waals surface area (Å²) in [4.78, 5) is 0. The maximum absolute atomic E-state index is 4.62. The van der Waals surface area contributed by atoms with Gasteiger partial charge in [-0.1, -0.05) is 39.0 Å². The highest BCUT2D eigenvalue weighted by Gasteiger charge is 2.07. The van der Waals surface area contributed by atoms with Gasteiger partial charge in [0.15, 0.2) is 0 Å². The van der Waals surface area contributed by atoms with Crippen molar-refractivity contribution in [3.8, 4) is 0 Å². The van der Waals surface area contributed by atoms with Gasteiger partial charge >= 0.3 is 0 Å². The van der Waals surface area contributed by atoms with Crippen LogP contribution in [0.25, 0.3) is 0 Å². The molecule has 0 saturated heterocycles. The Hall–Kier alpha value is -1.77. The van der Waals surface area contributed by atoms with Gasteiger partial charge in [0, 0.05) is 17.9 Å². The average molecular weight is 271 g/mol. The number of hydrogen-bond acceptors (Lipinski definition) is 2. The summed E-state index contributed by atoms with van der Waals surface area (Å²) >= 11 is 0. The predicted molar refractivity (Wildman–Crippen MR) is 85.1 cm³/mol. The lowest BCUT2D eigenvalue weighted by atomic mass is 10.0. The van der Waals surface area contributed by atoms with Crippen LogP contribution in [0.15, 0.2) is 36.5 Å². The standard InChI is InChI=1S/C17H25N3/c1-5-14(4)20-11-10-15(19-20)12-18-17-9-7-6-8-16(17)13(2)3/h6-11,13-14,18H,5,12H2,1-4H3. The Kier molecular flexibility index (Phi) is 4.83. The molecule has 2 aromatic rings. The second kappa shape index (κ2) is 6.60. The molecule has 3 nitrogen and oxygen atoms in total. The number of nitrogens with one attached hydrogen (secondary N) is 1. The van der Waals surface area contributed by atoms with E-state index >= 15 is 0 Å². The molecule has 1 heterocycles. The van der Waals surface area contributed by atoms with Crippen LogP contribution < -0.4 is 5.32 Å². The van der Waals surface area contributed by atoms with E-state index in [0.29, 0.717) is 12.0 Å². The molecule has 1 aromatic heterocycles. The number of nitrogens with zero attached hydrogens (tertiary/aromatic N) is 2. The molecule has 1 atom stereocenters. The number of aromatic nitrogens is 2. The summed E-state index contributed by atoms with van der Waals surface area (Å²) < 4.78 is 2.05. The maximum Gasteiger partial charge on any atom is 0.0815 e. The van der Waals surface area contributed by atoms with Crippen LogP contribution >= 0.6 is 0 Å². The van der Waals surface area contributed by atoms with E-state index in [1.165, 1.54) is 11.3 Å². The van der Waals surface area contributed by atoms with Gasteiger partial charge in [0.1, 0.15) is 0 Å². The molecule has 0 aliphatic heterocycles. The minimum absolute atomic E-state index is 0.465. The molecule has 2 rings (SSSR count). The lowest BCUT2D eigenvalue weighted by Crippen LogP contribution is -2.07. The van der Waals surface area contributed by atoms with Crippen molar-refractivity contribution in [1.82, 2.24) is 9.78 Å². The second-order valence-corrected chi connectivity index (χ2v) is 5.64. The van der Waals surface area contributed by atoms with Gasteiger partial charge in [-0.25, -0.2) is 0 Å². The second-order valence-electron chi connectivity index (χ2n) is 5.64. The van der Waals surface area contributed by atoms with Crippen LogP contribution in [0.4, 0.5) is 5.69 Å². The Morgan fingerprint density at radius 2 is 1.90 bits per heavy atom. The lowest BCUT2D eigenvalue weighted by molar-refractivity contribution is 0.474. The molecule has 0 radical (unpaired) electrons. The van der Waals surface area contributed by atoms with E-state index in [0.717, 1.165) is 18.7 Å². The van der Waals surface area contributed by atoms with Crippen LogP contribution in [-0.4, -0.2) is 9.78 Å². The van der Waals surface area contributed by atoms with Crippen molar-refractivity contribution in [2.24, 2.45) is 0 Å². The largest absolute Gasteiger partial charge is 0.379 e. The van der Waals surface area contributed by atoms with E-state index in [1.807, 2.05) is 4.68 Å². The molecule has 1 N–H and O–H groups in total. The summed E-state index contributed by atoms with van der Waals surface area (Å²) in [6.07, 6.45) is 3.17. The van der Waals surface area contributed by atoms with Crippen LogP contribution in [0.1, 0.15) is 57.3 Å². The van der Waals surface area contributed by atoms with Gasteiger partial charge in [-0.15, -0.1) is 0 Å². The molecular weight excluding hydrogens is 246 g/mol. The quantitative estimate of drug-likeness (QED) is 0.832. The number of benzene rings is 1. The highest BCUT2D eigenvalue weighted by Crippen LogP contribution is 2.24.